The lowest BCUT2D eigenvalue weighted by molar-refractivity contribution is 0.0730. The van der Waals surface area contributed by atoms with E-state index in [9.17, 15) is 16.8 Å². The van der Waals surface area contributed by atoms with E-state index in [4.69, 9.17) is 4.74 Å². The van der Waals surface area contributed by atoms with Gasteiger partial charge in [0.1, 0.15) is 0 Å². The molecule has 8 nitrogen and oxygen atoms in total. The van der Waals surface area contributed by atoms with Crippen molar-refractivity contribution in [2.75, 3.05) is 26.3 Å². The minimum Gasteiger partial charge on any atom is -0.379 e. The van der Waals surface area contributed by atoms with Crippen LogP contribution in [0.2, 0.25) is 0 Å². The molecule has 1 aromatic heterocycles. The molecule has 2 aromatic rings. The van der Waals surface area contributed by atoms with Crippen LogP contribution in [0.5, 0.6) is 0 Å². The minimum atomic E-state index is -3.74. The molecule has 1 aliphatic carbocycles. The number of hydrogen-bond donors (Lipinski definition) is 0. The van der Waals surface area contributed by atoms with Crippen LogP contribution in [-0.4, -0.2) is 62.8 Å². The largest absolute Gasteiger partial charge is 0.379 e. The van der Waals surface area contributed by atoms with Crippen LogP contribution in [0.15, 0.2) is 58.6 Å². The molecule has 2 heterocycles. The SMILES string of the molecule is O=S(=O)(c1ccc(S(=O)(=O)N(Cc2ccncc2)C2CC2)cc1)N1CCOCC1. The van der Waals surface area contributed by atoms with Gasteiger partial charge in [-0.05, 0) is 54.8 Å². The van der Waals surface area contributed by atoms with E-state index in [1.807, 2.05) is 0 Å². The van der Waals surface area contributed by atoms with Crippen LogP contribution in [0, 0.1) is 0 Å². The third-order valence-corrected chi connectivity index (χ3v) is 8.91. The fourth-order valence-electron chi connectivity index (χ4n) is 3.30. The molecule has 0 N–H and O–H groups in total. The Labute approximate surface area is 171 Å². The minimum absolute atomic E-state index is 0.0232. The number of pyridine rings is 1. The fraction of sp³-hybridized carbons (Fsp3) is 0.421. The molecule has 0 atom stereocenters. The summed E-state index contributed by atoms with van der Waals surface area (Å²) in [5.41, 5.74) is 0.863. The number of hydrogen-bond acceptors (Lipinski definition) is 6. The average molecular weight is 438 g/mol. The van der Waals surface area contributed by atoms with Gasteiger partial charge in [0.25, 0.3) is 0 Å². The van der Waals surface area contributed by atoms with Gasteiger partial charge < -0.3 is 4.74 Å². The van der Waals surface area contributed by atoms with Crippen LogP contribution in [0.1, 0.15) is 18.4 Å². The Morgan fingerprint density at radius 3 is 2.10 bits per heavy atom. The monoisotopic (exact) mass is 437 g/mol. The second-order valence-electron chi connectivity index (χ2n) is 7.12. The second-order valence-corrected chi connectivity index (χ2v) is 11.0. The molecule has 2 aliphatic rings. The highest BCUT2D eigenvalue weighted by Gasteiger charge is 2.38. The lowest BCUT2D eigenvalue weighted by Gasteiger charge is -2.26. The van der Waals surface area contributed by atoms with E-state index in [-0.39, 0.29) is 22.4 Å². The first kappa shape index (κ1) is 20.4. The lowest BCUT2D eigenvalue weighted by Crippen LogP contribution is -2.40. The zero-order valence-corrected chi connectivity index (χ0v) is 17.5. The third kappa shape index (κ3) is 4.36. The quantitative estimate of drug-likeness (QED) is 0.651. The van der Waals surface area contributed by atoms with E-state index in [2.05, 4.69) is 4.98 Å². The van der Waals surface area contributed by atoms with Gasteiger partial charge in [-0.3, -0.25) is 4.98 Å². The first-order chi connectivity index (χ1) is 13.9. The first-order valence-corrected chi connectivity index (χ1v) is 12.4. The second kappa shape index (κ2) is 8.11. The van der Waals surface area contributed by atoms with Crippen LogP contribution in [-0.2, 0) is 31.3 Å². The van der Waals surface area contributed by atoms with Gasteiger partial charge in [0.2, 0.25) is 20.0 Å². The maximum Gasteiger partial charge on any atom is 0.243 e. The van der Waals surface area contributed by atoms with Gasteiger partial charge in [-0.25, -0.2) is 16.8 Å². The molecule has 0 amide bonds. The molecule has 4 rings (SSSR count). The van der Waals surface area contributed by atoms with Crippen LogP contribution in [0.4, 0.5) is 0 Å². The van der Waals surface area contributed by atoms with Crippen LogP contribution >= 0.6 is 0 Å². The molecule has 1 aromatic carbocycles. The fourth-order valence-corrected chi connectivity index (χ4v) is 6.38. The van der Waals surface area contributed by atoms with Gasteiger partial charge in [-0.1, -0.05) is 0 Å². The highest BCUT2D eigenvalue weighted by atomic mass is 32.2. The summed E-state index contributed by atoms with van der Waals surface area (Å²) in [5.74, 6) is 0. The van der Waals surface area contributed by atoms with Crippen molar-refractivity contribution in [2.45, 2.75) is 35.2 Å². The summed E-state index contributed by atoms with van der Waals surface area (Å²) in [6.07, 6.45) is 4.93. The number of nitrogens with zero attached hydrogens (tertiary/aromatic N) is 3. The molecule has 2 fully saturated rings. The van der Waals surface area contributed by atoms with Crippen molar-refractivity contribution in [3.05, 3.63) is 54.4 Å². The molecule has 0 bridgehead atoms. The average Bonchev–Trinajstić information content (AvgIpc) is 3.58. The molecule has 156 valence electrons. The molecular formula is C19H23N3O5S2. The molecule has 1 saturated heterocycles. The van der Waals surface area contributed by atoms with Gasteiger partial charge in [0.15, 0.2) is 0 Å². The van der Waals surface area contributed by atoms with Crippen LogP contribution < -0.4 is 0 Å². The summed E-state index contributed by atoms with van der Waals surface area (Å²) in [4.78, 5) is 4.15. The maximum atomic E-state index is 13.2. The number of benzene rings is 1. The number of aromatic nitrogens is 1. The van der Waals surface area contributed by atoms with Gasteiger partial charge in [-0.15, -0.1) is 0 Å². The van der Waals surface area contributed by atoms with Crippen molar-refractivity contribution in [1.82, 2.24) is 13.6 Å². The smallest absolute Gasteiger partial charge is 0.243 e. The lowest BCUT2D eigenvalue weighted by atomic mass is 10.3. The summed E-state index contributed by atoms with van der Waals surface area (Å²) < 4.78 is 60.0. The van der Waals surface area contributed by atoms with E-state index in [1.54, 1.807) is 24.5 Å². The standard InChI is InChI=1S/C19H23N3O5S2/c23-28(24,21-11-13-27-14-12-21)18-3-5-19(6-4-18)29(25,26)22(17-1-2-17)15-16-7-9-20-10-8-16/h3-10,17H,1-2,11-15H2. The van der Waals surface area contributed by atoms with Crippen molar-refractivity contribution in [3.8, 4) is 0 Å². The highest BCUT2D eigenvalue weighted by Crippen LogP contribution is 2.33. The first-order valence-electron chi connectivity index (χ1n) is 9.48. The highest BCUT2D eigenvalue weighted by molar-refractivity contribution is 7.89. The van der Waals surface area contributed by atoms with Gasteiger partial charge >= 0.3 is 0 Å². The van der Waals surface area contributed by atoms with Crippen molar-refractivity contribution in [3.63, 3.8) is 0 Å². The van der Waals surface area contributed by atoms with Gasteiger partial charge in [0.05, 0.1) is 23.0 Å². The summed E-state index contributed by atoms with van der Waals surface area (Å²) in [6, 6.07) is 9.07. The normalized spacial score (nSPS) is 18.8. The molecule has 0 spiro atoms. The molecule has 1 saturated carbocycles. The van der Waals surface area contributed by atoms with Crippen molar-refractivity contribution in [2.24, 2.45) is 0 Å². The molecule has 1 aliphatic heterocycles. The number of ether oxygens (including phenoxy) is 1. The topological polar surface area (TPSA) is 96.9 Å². The molecule has 0 unspecified atom stereocenters. The van der Waals surface area contributed by atoms with E-state index >= 15 is 0 Å². The molecular weight excluding hydrogens is 414 g/mol. The predicted molar refractivity (Wildman–Crippen MR) is 106 cm³/mol. The predicted octanol–water partition coefficient (Wildman–Crippen LogP) is 1.46. The zero-order valence-electron chi connectivity index (χ0n) is 15.8. The number of rotatable bonds is 7. The zero-order chi connectivity index (χ0) is 20.5. The maximum absolute atomic E-state index is 13.2. The molecule has 10 heteroatoms. The number of sulfonamides is 2. The Kier molecular flexibility index (Phi) is 5.71. The van der Waals surface area contributed by atoms with E-state index in [1.165, 1.54) is 32.9 Å². The summed E-state index contributed by atoms with van der Waals surface area (Å²) in [6.45, 7) is 1.57. The molecule has 0 radical (unpaired) electrons. The summed E-state index contributed by atoms with van der Waals surface area (Å²) >= 11 is 0. The Bertz CT molecular complexity index is 1050. The van der Waals surface area contributed by atoms with Crippen LogP contribution in [0.25, 0.3) is 0 Å². The van der Waals surface area contributed by atoms with Gasteiger partial charge in [0, 0.05) is 38.1 Å². The van der Waals surface area contributed by atoms with Crippen molar-refractivity contribution >= 4 is 20.0 Å². The van der Waals surface area contributed by atoms with Crippen molar-refractivity contribution in [1.29, 1.82) is 0 Å². The van der Waals surface area contributed by atoms with Gasteiger partial charge in [-0.2, -0.15) is 8.61 Å². The molecule has 29 heavy (non-hydrogen) atoms. The Balaban J connectivity index is 1.58. The Hall–Kier alpha value is -1.85. The number of morpholine rings is 1. The van der Waals surface area contributed by atoms with E-state index < -0.39 is 20.0 Å². The van der Waals surface area contributed by atoms with E-state index in [0.717, 1.165) is 18.4 Å². The van der Waals surface area contributed by atoms with Crippen LogP contribution in [0.3, 0.4) is 0 Å². The Morgan fingerprint density at radius 1 is 0.931 bits per heavy atom. The van der Waals surface area contributed by atoms with Crippen molar-refractivity contribution < 1.29 is 21.6 Å². The Morgan fingerprint density at radius 2 is 1.52 bits per heavy atom. The third-order valence-electron chi connectivity index (χ3n) is 5.08. The summed E-state index contributed by atoms with van der Waals surface area (Å²) in [7, 11) is -7.40. The summed E-state index contributed by atoms with van der Waals surface area (Å²) in [5, 5.41) is 0. The van der Waals surface area contributed by atoms with E-state index in [0.29, 0.717) is 26.3 Å².